The molecule has 0 saturated carbocycles. The van der Waals surface area contributed by atoms with Crippen molar-refractivity contribution in [3.63, 3.8) is 0 Å². The van der Waals surface area contributed by atoms with E-state index in [0.29, 0.717) is 11.6 Å². The molecule has 1 heterocycles. The van der Waals surface area contributed by atoms with E-state index in [9.17, 15) is 13.2 Å². The van der Waals surface area contributed by atoms with Gasteiger partial charge in [-0.1, -0.05) is 41.9 Å². The highest BCUT2D eigenvalue weighted by Crippen LogP contribution is 2.23. The van der Waals surface area contributed by atoms with E-state index in [1.54, 1.807) is 18.3 Å². The summed E-state index contributed by atoms with van der Waals surface area (Å²) in [4.78, 5) is 12.5. The molecule has 0 spiro atoms. The first kappa shape index (κ1) is 25.7. The Labute approximate surface area is 209 Å². The molecule has 0 saturated heterocycles. The molecule has 0 fully saturated rings. The quantitative estimate of drug-likeness (QED) is 0.323. The average molecular weight is 546 g/mol. The van der Waals surface area contributed by atoms with Crippen LogP contribution in [0.4, 0.5) is 5.69 Å². The van der Waals surface area contributed by atoms with E-state index in [4.69, 9.17) is 0 Å². The number of nitrogens with zero attached hydrogens (tertiary/aromatic N) is 3. The molecule has 1 amide bonds. The smallest absolute Gasteiger partial charge is 0.260 e. The number of halogens is 1. The topological polar surface area (TPSA) is 83.8 Å². The van der Waals surface area contributed by atoms with Gasteiger partial charge in [0.05, 0.1) is 18.2 Å². The Morgan fingerprint density at radius 3 is 2.29 bits per heavy atom. The fraction of sp³-hybridized carbons (Fsp3) is 0.280. The summed E-state index contributed by atoms with van der Waals surface area (Å²) >= 11 is 3.45. The zero-order valence-corrected chi connectivity index (χ0v) is 22.3. The Hall–Kier alpha value is -2.91. The number of aryl methyl sites for hydroxylation is 1. The molecule has 0 atom stereocenters. The van der Waals surface area contributed by atoms with E-state index in [1.807, 2.05) is 56.3 Å². The van der Waals surface area contributed by atoms with Crippen LogP contribution < -0.4 is 9.73 Å². The van der Waals surface area contributed by atoms with Gasteiger partial charge in [-0.25, -0.2) is 13.8 Å². The highest BCUT2D eigenvalue weighted by molar-refractivity contribution is 9.10. The summed E-state index contributed by atoms with van der Waals surface area (Å²) < 4.78 is 28.8. The predicted octanol–water partition coefficient (Wildman–Crippen LogP) is 4.90. The van der Waals surface area contributed by atoms with Gasteiger partial charge in [-0.05, 0) is 67.8 Å². The lowest BCUT2D eigenvalue weighted by Gasteiger charge is -2.21. The van der Waals surface area contributed by atoms with Gasteiger partial charge in [-0.2, -0.15) is 5.10 Å². The second-order valence-corrected chi connectivity index (χ2v) is 11.3. The summed E-state index contributed by atoms with van der Waals surface area (Å²) in [5.41, 5.74) is 7.84. The highest BCUT2D eigenvalue weighted by atomic mass is 79.9. The number of nitrogens with one attached hydrogen (secondary N) is 1. The van der Waals surface area contributed by atoms with Gasteiger partial charge in [0, 0.05) is 27.1 Å². The number of benzene rings is 2. The summed E-state index contributed by atoms with van der Waals surface area (Å²) in [6.45, 7) is 7.73. The van der Waals surface area contributed by atoms with Crippen molar-refractivity contribution >= 4 is 43.8 Å². The molecule has 0 aliphatic rings. The Balaban J connectivity index is 1.72. The van der Waals surface area contributed by atoms with E-state index >= 15 is 0 Å². The van der Waals surface area contributed by atoms with Crippen LogP contribution in [0.5, 0.6) is 0 Å². The monoisotopic (exact) mass is 544 g/mol. The minimum Gasteiger partial charge on any atom is -0.318 e. The number of anilines is 1. The number of hydrazone groups is 1. The van der Waals surface area contributed by atoms with Crippen molar-refractivity contribution < 1.29 is 13.2 Å². The third kappa shape index (κ3) is 6.15. The molecule has 1 aromatic heterocycles. The first-order valence-corrected chi connectivity index (χ1v) is 13.5. The van der Waals surface area contributed by atoms with E-state index in [1.165, 1.54) is 0 Å². The number of aromatic nitrogens is 1. The van der Waals surface area contributed by atoms with E-state index in [0.717, 1.165) is 43.2 Å². The number of carbonyl (C=O) groups excluding carboxylic acids is 1. The second kappa shape index (κ2) is 10.6. The molecule has 0 aliphatic carbocycles. The summed E-state index contributed by atoms with van der Waals surface area (Å²) in [6, 6.07) is 17.1. The zero-order valence-electron chi connectivity index (χ0n) is 19.9. The molecule has 3 rings (SSSR count). The lowest BCUT2D eigenvalue weighted by atomic mass is 10.0. The maximum absolute atomic E-state index is 12.5. The van der Waals surface area contributed by atoms with Crippen molar-refractivity contribution in [2.45, 2.75) is 33.6 Å². The number of carbonyl (C=O) groups is 1. The van der Waals surface area contributed by atoms with Gasteiger partial charge in [0.2, 0.25) is 10.0 Å². The van der Waals surface area contributed by atoms with Gasteiger partial charge in [0.25, 0.3) is 5.91 Å². The summed E-state index contributed by atoms with van der Waals surface area (Å²) in [7, 11) is -3.65. The van der Waals surface area contributed by atoms with E-state index < -0.39 is 15.9 Å². The largest absolute Gasteiger partial charge is 0.318 e. The molecular formula is C25H29BrN4O3S. The Bertz CT molecular complexity index is 1300. The molecule has 34 heavy (non-hydrogen) atoms. The van der Waals surface area contributed by atoms with Gasteiger partial charge in [-0.3, -0.25) is 9.10 Å². The number of hydrogen-bond donors (Lipinski definition) is 1. The van der Waals surface area contributed by atoms with Crippen molar-refractivity contribution in [1.29, 1.82) is 0 Å². The number of sulfonamides is 1. The van der Waals surface area contributed by atoms with Gasteiger partial charge in [0.1, 0.15) is 6.54 Å². The molecule has 180 valence electrons. The molecule has 2 aromatic carbocycles. The molecule has 9 heteroatoms. The second-order valence-electron chi connectivity index (χ2n) is 8.45. The first-order chi connectivity index (χ1) is 16.0. The molecule has 1 N–H and O–H groups in total. The number of rotatable bonds is 8. The van der Waals surface area contributed by atoms with Crippen LogP contribution in [0.3, 0.4) is 0 Å². The highest BCUT2D eigenvalue weighted by Gasteiger charge is 2.21. The summed E-state index contributed by atoms with van der Waals surface area (Å²) in [5, 5.41) is 4.06. The van der Waals surface area contributed by atoms with Crippen molar-refractivity contribution in [2.75, 3.05) is 17.1 Å². The van der Waals surface area contributed by atoms with Crippen molar-refractivity contribution in [1.82, 2.24) is 9.99 Å². The Kier molecular flexibility index (Phi) is 7.99. The van der Waals surface area contributed by atoms with Crippen LogP contribution in [-0.4, -0.2) is 37.9 Å². The fourth-order valence-corrected chi connectivity index (χ4v) is 4.79. The lowest BCUT2D eigenvalue weighted by Crippen LogP contribution is -2.39. The van der Waals surface area contributed by atoms with E-state index in [2.05, 4.69) is 44.9 Å². The molecule has 3 aromatic rings. The van der Waals surface area contributed by atoms with Gasteiger partial charge < -0.3 is 4.57 Å². The Morgan fingerprint density at radius 2 is 1.74 bits per heavy atom. The summed E-state index contributed by atoms with van der Waals surface area (Å²) in [5.74, 6) is -0.208. The average Bonchev–Trinajstić information content (AvgIpc) is 3.05. The van der Waals surface area contributed by atoms with Crippen LogP contribution in [0.2, 0.25) is 0 Å². The standard InChI is InChI=1S/C25H29BrN4O3S/c1-17(2)20-6-10-23(11-7-20)29(34(5,32)33)16-25(31)28-27-15-21-14-18(3)30(19(21)4)24-12-8-22(26)9-13-24/h6-15,17H,16H2,1-5H3,(H,28,31)/b27-15-. The van der Waals surface area contributed by atoms with Crippen LogP contribution >= 0.6 is 15.9 Å². The lowest BCUT2D eigenvalue weighted by molar-refractivity contribution is -0.119. The molecule has 0 bridgehead atoms. The van der Waals surface area contributed by atoms with E-state index in [-0.39, 0.29) is 6.54 Å². The third-order valence-electron chi connectivity index (χ3n) is 5.48. The predicted molar refractivity (Wildman–Crippen MR) is 141 cm³/mol. The minimum atomic E-state index is -3.65. The minimum absolute atomic E-state index is 0.323. The maximum atomic E-state index is 12.5. The van der Waals surface area contributed by atoms with Gasteiger partial charge in [0.15, 0.2) is 0 Å². The van der Waals surface area contributed by atoms with Crippen LogP contribution in [0.25, 0.3) is 5.69 Å². The first-order valence-electron chi connectivity index (χ1n) is 10.8. The fourth-order valence-electron chi connectivity index (χ4n) is 3.67. The molecule has 0 unspecified atom stereocenters. The van der Waals surface area contributed by atoms with Gasteiger partial charge >= 0.3 is 0 Å². The van der Waals surface area contributed by atoms with Crippen molar-refractivity contribution in [3.05, 3.63) is 81.6 Å². The molecule has 0 radical (unpaired) electrons. The molecule has 0 aliphatic heterocycles. The van der Waals surface area contributed by atoms with Crippen LogP contribution in [0.15, 0.2) is 64.2 Å². The number of amides is 1. The van der Waals surface area contributed by atoms with Crippen molar-refractivity contribution in [2.24, 2.45) is 5.10 Å². The number of hydrogen-bond acceptors (Lipinski definition) is 4. The maximum Gasteiger partial charge on any atom is 0.260 e. The van der Waals surface area contributed by atoms with Crippen LogP contribution in [0.1, 0.15) is 42.3 Å². The molecular weight excluding hydrogens is 516 g/mol. The third-order valence-corrected chi connectivity index (χ3v) is 7.15. The zero-order chi connectivity index (χ0) is 25.0. The van der Waals surface area contributed by atoms with Crippen LogP contribution in [-0.2, 0) is 14.8 Å². The SMILES string of the molecule is Cc1cc(/C=N\NC(=O)CN(c2ccc(C(C)C)cc2)S(C)(=O)=O)c(C)n1-c1ccc(Br)cc1. The van der Waals surface area contributed by atoms with Crippen LogP contribution in [0, 0.1) is 13.8 Å². The molecule has 7 nitrogen and oxygen atoms in total. The Morgan fingerprint density at radius 1 is 1.12 bits per heavy atom. The van der Waals surface area contributed by atoms with Gasteiger partial charge in [-0.15, -0.1) is 0 Å². The normalized spacial score (nSPS) is 11.9. The summed E-state index contributed by atoms with van der Waals surface area (Å²) in [6.07, 6.45) is 2.65. The van der Waals surface area contributed by atoms with Crippen molar-refractivity contribution in [3.8, 4) is 5.69 Å².